The summed E-state index contributed by atoms with van der Waals surface area (Å²) >= 11 is 0. The van der Waals surface area contributed by atoms with Crippen molar-refractivity contribution in [3.05, 3.63) is 102 Å². The summed E-state index contributed by atoms with van der Waals surface area (Å²) in [5, 5.41) is 12.5. The van der Waals surface area contributed by atoms with Crippen molar-refractivity contribution in [2.24, 2.45) is 0 Å². The first-order valence-corrected chi connectivity index (χ1v) is 14.5. The fourth-order valence-corrected chi connectivity index (χ4v) is 5.40. The van der Waals surface area contributed by atoms with E-state index < -0.39 is 23.9 Å². The smallest absolute Gasteiger partial charge is 0.258 e. The number of hydrogen-bond acceptors (Lipinski definition) is 6. The third-order valence-electron chi connectivity index (χ3n) is 7.80. The van der Waals surface area contributed by atoms with E-state index in [0.717, 1.165) is 11.1 Å². The fourth-order valence-electron chi connectivity index (χ4n) is 5.40. The summed E-state index contributed by atoms with van der Waals surface area (Å²) in [4.78, 5) is 40.8. The van der Waals surface area contributed by atoms with Crippen molar-refractivity contribution in [1.82, 2.24) is 25.7 Å². The number of nitrogens with one attached hydrogen (secondary N) is 3. The van der Waals surface area contributed by atoms with E-state index in [0.29, 0.717) is 48.4 Å². The van der Waals surface area contributed by atoms with E-state index >= 15 is 4.39 Å². The summed E-state index contributed by atoms with van der Waals surface area (Å²) < 4.78 is 27.0. The van der Waals surface area contributed by atoms with Crippen molar-refractivity contribution in [2.75, 3.05) is 19.7 Å². The van der Waals surface area contributed by atoms with Gasteiger partial charge in [-0.2, -0.15) is 5.10 Å². The van der Waals surface area contributed by atoms with Crippen LogP contribution in [0.3, 0.4) is 0 Å². The van der Waals surface area contributed by atoms with Crippen molar-refractivity contribution in [3.63, 3.8) is 0 Å². The molecule has 4 aromatic rings. The van der Waals surface area contributed by atoms with Gasteiger partial charge in [-0.05, 0) is 71.5 Å². The van der Waals surface area contributed by atoms with Crippen LogP contribution in [-0.4, -0.2) is 64.7 Å². The van der Waals surface area contributed by atoms with Crippen LogP contribution in [0.5, 0.6) is 11.5 Å². The summed E-state index contributed by atoms with van der Waals surface area (Å²) in [6.07, 6.45) is 4.68. The molecule has 3 aliphatic heterocycles. The number of aryl methyl sites for hydroxylation is 1. The van der Waals surface area contributed by atoms with Crippen LogP contribution < -0.4 is 20.1 Å². The summed E-state index contributed by atoms with van der Waals surface area (Å²) in [5.41, 5.74) is 3.06. The lowest BCUT2D eigenvalue weighted by Crippen LogP contribution is -2.45. The third-order valence-corrected chi connectivity index (χ3v) is 7.80. The Hall–Kier alpha value is -5.19. The Morgan fingerprint density at radius 1 is 1.00 bits per heavy atom. The quantitative estimate of drug-likeness (QED) is 0.330. The molecule has 3 N–H and O–H groups in total. The number of halogens is 1. The van der Waals surface area contributed by atoms with Crippen molar-refractivity contribution >= 4 is 17.7 Å². The van der Waals surface area contributed by atoms with Crippen LogP contribution in [-0.2, 0) is 22.6 Å². The average Bonchev–Trinajstić information content (AvgIpc) is 3.70. The molecule has 0 saturated carbocycles. The number of nitrogens with zero attached hydrogens (tertiary/aromatic N) is 2. The van der Waals surface area contributed by atoms with E-state index in [1.54, 1.807) is 53.7 Å². The highest BCUT2D eigenvalue weighted by molar-refractivity contribution is 5.96. The van der Waals surface area contributed by atoms with Crippen LogP contribution in [0.1, 0.15) is 34.3 Å². The molecule has 1 fully saturated rings. The lowest BCUT2D eigenvalue weighted by atomic mass is 10.0. The highest BCUT2D eigenvalue weighted by Crippen LogP contribution is 2.27. The highest BCUT2D eigenvalue weighted by atomic mass is 19.1. The second-order valence-electron chi connectivity index (χ2n) is 10.9. The first-order valence-electron chi connectivity index (χ1n) is 14.5. The minimum atomic E-state index is -0.671. The zero-order valence-corrected chi connectivity index (χ0v) is 23.9. The summed E-state index contributed by atoms with van der Waals surface area (Å²) in [5.74, 6) is -0.600. The Bertz CT molecular complexity index is 1640. The zero-order valence-electron chi connectivity index (χ0n) is 23.9. The van der Waals surface area contributed by atoms with Gasteiger partial charge in [0.2, 0.25) is 5.91 Å². The highest BCUT2D eigenvalue weighted by Gasteiger charge is 2.38. The topological polar surface area (TPSA) is 126 Å². The number of ether oxygens (including phenoxy) is 2. The Morgan fingerprint density at radius 2 is 1.84 bits per heavy atom. The Morgan fingerprint density at radius 3 is 2.66 bits per heavy atom. The average molecular weight is 598 g/mol. The molecule has 1 saturated heterocycles. The zero-order chi connectivity index (χ0) is 30.5. The summed E-state index contributed by atoms with van der Waals surface area (Å²) in [6, 6.07) is 18.0. The lowest BCUT2D eigenvalue weighted by Gasteiger charge is -2.21. The molecular formula is C33H32FN5O5. The van der Waals surface area contributed by atoms with Gasteiger partial charge in [-0.15, -0.1) is 0 Å². The number of fused-ring (bicyclic) bond motifs is 7. The van der Waals surface area contributed by atoms with E-state index in [1.807, 2.05) is 18.2 Å². The van der Waals surface area contributed by atoms with Gasteiger partial charge in [-0.3, -0.25) is 19.5 Å². The Labute approximate surface area is 253 Å². The molecule has 3 aromatic carbocycles. The molecule has 226 valence electrons. The lowest BCUT2D eigenvalue weighted by molar-refractivity contribution is -0.130. The SMILES string of the molecule is O=C1COc2cccc(c2)-c2ccc(F)c(c2)C(=O)N[C@H]2CN(C(=O)CCCc3cn[nH]c3)C[C@@H]2Oc2ccc(cc2)CN1. The molecule has 44 heavy (non-hydrogen) atoms. The van der Waals surface area contributed by atoms with Crippen LogP contribution in [0.25, 0.3) is 11.1 Å². The summed E-state index contributed by atoms with van der Waals surface area (Å²) in [7, 11) is 0. The monoisotopic (exact) mass is 597 g/mol. The van der Waals surface area contributed by atoms with Crippen molar-refractivity contribution in [2.45, 2.75) is 38.0 Å². The van der Waals surface area contributed by atoms with E-state index in [9.17, 15) is 14.4 Å². The number of likely N-dealkylation sites (tertiary alicyclic amines) is 1. The van der Waals surface area contributed by atoms with Crippen molar-refractivity contribution in [3.8, 4) is 22.6 Å². The number of amides is 3. The molecule has 0 radical (unpaired) electrons. The Balaban J connectivity index is 1.26. The predicted molar refractivity (Wildman–Crippen MR) is 159 cm³/mol. The minimum Gasteiger partial charge on any atom is -0.486 e. The molecule has 11 heteroatoms. The van der Waals surface area contributed by atoms with Gasteiger partial charge < -0.3 is 25.0 Å². The number of carbonyl (C=O) groups excluding carboxylic acids is 3. The second-order valence-corrected chi connectivity index (χ2v) is 10.9. The number of aromatic amines is 1. The number of hydrogen-bond donors (Lipinski definition) is 3. The molecule has 0 unspecified atom stereocenters. The molecule has 0 aliphatic carbocycles. The maximum absolute atomic E-state index is 15.0. The fraction of sp³-hybridized carbons (Fsp3) is 0.273. The molecule has 3 amide bonds. The molecular weight excluding hydrogens is 565 g/mol. The van der Waals surface area contributed by atoms with Crippen LogP contribution in [0.2, 0.25) is 0 Å². The van der Waals surface area contributed by atoms with Gasteiger partial charge in [-0.25, -0.2) is 4.39 Å². The molecule has 3 aliphatic rings. The maximum Gasteiger partial charge on any atom is 0.258 e. The summed E-state index contributed by atoms with van der Waals surface area (Å²) in [6.45, 7) is 0.627. The molecule has 10 nitrogen and oxygen atoms in total. The normalized spacial score (nSPS) is 18.4. The van der Waals surface area contributed by atoms with E-state index in [4.69, 9.17) is 9.47 Å². The third kappa shape index (κ3) is 6.88. The standard InChI is InChI=1S/C33H32FN5O5/c34-28-12-9-24-14-27(28)33(42)38-29-18-39(32(41)6-1-3-22-16-36-37-17-22)19-30(29)44-25-10-7-21(8-11-25)15-35-31(40)20-43-26-5-2-4-23(24)13-26/h2,4-5,7-14,16-17,29-30H,1,3,6,15,18-20H2,(H,35,40)(H,36,37)(H,38,42)/t29-,30-/m0/s1. The van der Waals surface area contributed by atoms with Gasteiger partial charge in [0.15, 0.2) is 6.61 Å². The van der Waals surface area contributed by atoms with Gasteiger partial charge in [0.05, 0.1) is 24.3 Å². The number of carbonyl (C=O) groups is 3. The first-order chi connectivity index (χ1) is 21.4. The van der Waals surface area contributed by atoms with E-state index in [2.05, 4.69) is 20.8 Å². The molecule has 2 atom stereocenters. The van der Waals surface area contributed by atoms with Crippen LogP contribution in [0.15, 0.2) is 79.1 Å². The van der Waals surface area contributed by atoms with Gasteiger partial charge in [0, 0.05) is 25.7 Å². The van der Waals surface area contributed by atoms with Gasteiger partial charge in [0.1, 0.15) is 23.4 Å². The number of aromatic nitrogens is 2. The van der Waals surface area contributed by atoms with Gasteiger partial charge in [0.25, 0.3) is 11.8 Å². The Kier molecular flexibility index (Phi) is 8.53. The van der Waals surface area contributed by atoms with Crippen molar-refractivity contribution in [1.29, 1.82) is 0 Å². The molecule has 7 rings (SSSR count). The van der Waals surface area contributed by atoms with Crippen molar-refractivity contribution < 1.29 is 28.2 Å². The molecule has 1 aromatic heterocycles. The van der Waals surface area contributed by atoms with Gasteiger partial charge >= 0.3 is 0 Å². The van der Waals surface area contributed by atoms with Gasteiger partial charge in [-0.1, -0.05) is 30.3 Å². The molecule has 4 heterocycles. The van der Waals surface area contributed by atoms with E-state index in [-0.39, 0.29) is 37.1 Å². The van der Waals surface area contributed by atoms with Crippen LogP contribution in [0, 0.1) is 5.82 Å². The number of benzene rings is 3. The minimum absolute atomic E-state index is 0.0502. The predicted octanol–water partition coefficient (Wildman–Crippen LogP) is 3.64. The molecule has 6 bridgehead atoms. The van der Waals surface area contributed by atoms with E-state index in [1.165, 1.54) is 12.1 Å². The second kappa shape index (κ2) is 13.0. The first kappa shape index (κ1) is 28.9. The van der Waals surface area contributed by atoms with Crippen LogP contribution >= 0.6 is 0 Å². The largest absolute Gasteiger partial charge is 0.486 e. The van der Waals surface area contributed by atoms with Crippen LogP contribution in [0.4, 0.5) is 4.39 Å². The maximum atomic E-state index is 15.0. The number of H-pyrrole nitrogens is 1. The number of rotatable bonds is 4. The molecule has 0 spiro atoms.